The molecule has 3 heteroatoms. The summed E-state index contributed by atoms with van der Waals surface area (Å²) in [6, 6.07) is 7.16. The summed E-state index contributed by atoms with van der Waals surface area (Å²) in [5.41, 5.74) is 7.92. The van der Waals surface area contributed by atoms with Gasteiger partial charge in [0.15, 0.2) is 0 Å². The molecule has 0 fully saturated rings. The van der Waals surface area contributed by atoms with Crippen LogP contribution >= 0.6 is 0 Å². The molecule has 1 heterocycles. The lowest BCUT2D eigenvalue weighted by molar-refractivity contribution is 0.547. The summed E-state index contributed by atoms with van der Waals surface area (Å²) in [7, 11) is 4.06. The Bertz CT molecular complexity index is 626. The van der Waals surface area contributed by atoms with E-state index < -0.39 is 0 Å². The van der Waals surface area contributed by atoms with Crippen LogP contribution in [0.15, 0.2) is 18.2 Å². The summed E-state index contributed by atoms with van der Waals surface area (Å²) in [5, 5.41) is 7.96. The third kappa shape index (κ3) is 3.35. The van der Waals surface area contributed by atoms with E-state index in [9.17, 15) is 0 Å². The van der Waals surface area contributed by atoms with Crippen LogP contribution in [0.5, 0.6) is 0 Å². The lowest BCUT2D eigenvalue weighted by atomic mass is 9.96. The molecule has 21 heavy (non-hydrogen) atoms. The molecule has 0 spiro atoms. The zero-order chi connectivity index (χ0) is 15.6. The van der Waals surface area contributed by atoms with Gasteiger partial charge in [-0.1, -0.05) is 18.2 Å². The summed E-state index contributed by atoms with van der Waals surface area (Å²) in [5.74, 6) is 0. The fourth-order valence-electron chi connectivity index (χ4n) is 2.93. The topological polar surface area (TPSA) is 29.9 Å². The molecular weight excluding hydrogens is 258 g/mol. The average Bonchev–Trinajstić information content (AvgIpc) is 2.69. The number of aromatic nitrogens is 2. The van der Waals surface area contributed by atoms with Crippen molar-refractivity contribution in [2.75, 3.05) is 7.05 Å². The van der Waals surface area contributed by atoms with E-state index >= 15 is 0 Å². The molecule has 0 amide bonds. The predicted molar refractivity (Wildman–Crippen MR) is 88.7 cm³/mol. The Morgan fingerprint density at radius 3 is 2.38 bits per heavy atom. The number of hydrogen-bond acceptors (Lipinski definition) is 2. The molecule has 2 rings (SSSR count). The SMILES string of the molecule is CNC(CCc1c(C)nn(C)c1C)c1ccc(C)c(C)c1. The summed E-state index contributed by atoms with van der Waals surface area (Å²) < 4.78 is 1.98. The van der Waals surface area contributed by atoms with Crippen molar-refractivity contribution in [1.29, 1.82) is 0 Å². The second-order valence-corrected chi connectivity index (χ2v) is 6.00. The minimum Gasteiger partial charge on any atom is -0.313 e. The van der Waals surface area contributed by atoms with E-state index in [0.717, 1.165) is 18.5 Å². The Labute approximate surface area is 128 Å². The van der Waals surface area contributed by atoms with Crippen LogP contribution in [0.2, 0.25) is 0 Å². The lowest BCUT2D eigenvalue weighted by Gasteiger charge is -2.18. The normalized spacial score (nSPS) is 12.7. The van der Waals surface area contributed by atoms with Crippen molar-refractivity contribution >= 4 is 0 Å². The van der Waals surface area contributed by atoms with Crippen molar-refractivity contribution in [3.05, 3.63) is 51.8 Å². The van der Waals surface area contributed by atoms with E-state index in [-0.39, 0.29) is 0 Å². The first-order chi connectivity index (χ1) is 9.93. The highest BCUT2D eigenvalue weighted by Crippen LogP contribution is 2.23. The van der Waals surface area contributed by atoms with E-state index in [4.69, 9.17) is 0 Å². The smallest absolute Gasteiger partial charge is 0.0628 e. The highest BCUT2D eigenvalue weighted by Gasteiger charge is 2.14. The van der Waals surface area contributed by atoms with Gasteiger partial charge < -0.3 is 5.32 Å². The van der Waals surface area contributed by atoms with Gasteiger partial charge in [0.25, 0.3) is 0 Å². The summed E-state index contributed by atoms with van der Waals surface area (Å²) in [6.07, 6.45) is 2.15. The highest BCUT2D eigenvalue weighted by molar-refractivity contribution is 5.32. The average molecular weight is 285 g/mol. The molecule has 2 aromatic rings. The van der Waals surface area contributed by atoms with Gasteiger partial charge in [-0.05, 0) is 69.8 Å². The van der Waals surface area contributed by atoms with E-state index in [1.807, 2.05) is 18.8 Å². The first kappa shape index (κ1) is 15.8. The molecule has 0 saturated carbocycles. The maximum Gasteiger partial charge on any atom is 0.0628 e. The largest absolute Gasteiger partial charge is 0.313 e. The first-order valence-electron chi connectivity index (χ1n) is 7.67. The van der Waals surface area contributed by atoms with Crippen LogP contribution in [0.25, 0.3) is 0 Å². The van der Waals surface area contributed by atoms with Crippen LogP contribution in [-0.2, 0) is 13.5 Å². The minimum atomic E-state index is 0.392. The van der Waals surface area contributed by atoms with E-state index in [0.29, 0.717) is 6.04 Å². The van der Waals surface area contributed by atoms with Crippen LogP contribution in [0, 0.1) is 27.7 Å². The van der Waals surface area contributed by atoms with Gasteiger partial charge in [0.05, 0.1) is 5.69 Å². The Balaban J connectivity index is 2.14. The van der Waals surface area contributed by atoms with Gasteiger partial charge in [0.2, 0.25) is 0 Å². The standard InChI is InChI=1S/C18H27N3/c1-12-7-8-16(11-13(12)2)18(19-5)10-9-17-14(3)20-21(6)15(17)4/h7-8,11,18-19H,9-10H2,1-6H3. The molecule has 114 valence electrons. The predicted octanol–water partition coefficient (Wildman–Crippen LogP) is 3.55. The first-order valence-corrected chi connectivity index (χ1v) is 7.67. The van der Waals surface area contributed by atoms with Crippen LogP contribution in [-0.4, -0.2) is 16.8 Å². The Kier molecular flexibility index (Phi) is 4.84. The van der Waals surface area contributed by atoms with Crippen molar-refractivity contribution in [2.45, 2.75) is 46.6 Å². The van der Waals surface area contributed by atoms with Crippen LogP contribution in [0.1, 0.15) is 46.1 Å². The van der Waals surface area contributed by atoms with Gasteiger partial charge in [-0.25, -0.2) is 0 Å². The summed E-state index contributed by atoms with van der Waals surface area (Å²) >= 11 is 0. The third-order valence-electron chi connectivity index (χ3n) is 4.62. The van der Waals surface area contributed by atoms with Gasteiger partial charge in [-0.3, -0.25) is 4.68 Å². The number of hydrogen-bond donors (Lipinski definition) is 1. The molecule has 0 saturated heterocycles. The van der Waals surface area contributed by atoms with E-state index in [1.165, 1.54) is 27.9 Å². The quantitative estimate of drug-likeness (QED) is 0.910. The Morgan fingerprint density at radius 1 is 1.14 bits per heavy atom. The third-order valence-corrected chi connectivity index (χ3v) is 4.62. The molecule has 1 aromatic carbocycles. The molecule has 1 N–H and O–H groups in total. The van der Waals surface area contributed by atoms with Gasteiger partial charge in [-0.2, -0.15) is 5.10 Å². The van der Waals surface area contributed by atoms with E-state index in [1.54, 1.807) is 0 Å². The molecule has 0 aliphatic carbocycles. The second-order valence-electron chi connectivity index (χ2n) is 6.00. The maximum absolute atomic E-state index is 4.51. The second kappa shape index (κ2) is 6.44. The molecule has 0 bridgehead atoms. The van der Waals surface area contributed by atoms with E-state index in [2.05, 4.69) is 56.3 Å². The lowest BCUT2D eigenvalue weighted by Crippen LogP contribution is -2.17. The van der Waals surface area contributed by atoms with Gasteiger partial charge >= 0.3 is 0 Å². The fourth-order valence-corrected chi connectivity index (χ4v) is 2.93. The number of nitrogens with zero attached hydrogens (tertiary/aromatic N) is 2. The summed E-state index contributed by atoms with van der Waals surface area (Å²) in [4.78, 5) is 0. The molecular formula is C18H27N3. The zero-order valence-electron chi connectivity index (χ0n) is 14.1. The van der Waals surface area contributed by atoms with Crippen molar-refractivity contribution in [3.8, 4) is 0 Å². The number of benzene rings is 1. The molecule has 1 aromatic heterocycles. The Hall–Kier alpha value is -1.61. The number of nitrogens with one attached hydrogen (secondary N) is 1. The molecule has 1 unspecified atom stereocenters. The van der Waals surface area contributed by atoms with Crippen LogP contribution in [0.3, 0.4) is 0 Å². The molecule has 0 aliphatic heterocycles. The molecule has 1 atom stereocenters. The number of aryl methyl sites for hydroxylation is 4. The fraction of sp³-hybridized carbons (Fsp3) is 0.500. The van der Waals surface area contributed by atoms with Crippen molar-refractivity contribution < 1.29 is 0 Å². The molecule has 0 radical (unpaired) electrons. The molecule has 3 nitrogen and oxygen atoms in total. The van der Waals surface area contributed by atoms with Crippen LogP contribution in [0.4, 0.5) is 0 Å². The van der Waals surface area contributed by atoms with Gasteiger partial charge in [-0.15, -0.1) is 0 Å². The monoisotopic (exact) mass is 285 g/mol. The Morgan fingerprint density at radius 2 is 1.86 bits per heavy atom. The van der Waals surface area contributed by atoms with Crippen molar-refractivity contribution in [3.63, 3.8) is 0 Å². The summed E-state index contributed by atoms with van der Waals surface area (Å²) in [6.45, 7) is 8.60. The maximum atomic E-state index is 4.51. The van der Waals surface area contributed by atoms with Gasteiger partial charge in [0.1, 0.15) is 0 Å². The van der Waals surface area contributed by atoms with Crippen molar-refractivity contribution in [2.24, 2.45) is 7.05 Å². The van der Waals surface area contributed by atoms with Crippen molar-refractivity contribution in [1.82, 2.24) is 15.1 Å². The van der Waals surface area contributed by atoms with Crippen LogP contribution < -0.4 is 5.32 Å². The molecule has 0 aliphatic rings. The highest BCUT2D eigenvalue weighted by atomic mass is 15.3. The van der Waals surface area contributed by atoms with Gasteiger partial charge in [0, 0.05) is 18.8 Å². The zero-order valence-corrected chi connectivity index (χ0v) is 14.1. The minimum absolute atomic E-state index is 0.392. The number of rotatable bonds is 5.